The Morgan fingerprint density at radius 2 is 1.69 bits per heavy atom. The number of aryl methyl sites for hydroxylation is 1. The second-order valence-electron chi connectivity index (χ2n) is 8.31. The van der Waals surface area contributed by atoms with Crippen LogP contribution in [0.2, 0.25) is 0 Å². The average molecular weight is 496 g/mol. The molecular formula is C27H24F3N3O3. The Bertz CT molecular complexity index is 1430. The van der Waals surface area contributed by atoms with E-state index in [-0.39, 0.29) is 16.9 Å². The molecule has 0 aliphatic carbocycles. The molecular weight excluding hydrogens is 471 g/mol. The summed E-state index contributed by atoms with van der Waals surface area (Å²) in [5.74, 6) is -1.46. The predicted octanol–water partition coefficient (Wildman–Crippen LogP) is 6.61. The van der Waals surface area contributed by atoms with Crippen molar-refractivity contribution in [3.63, 3.8) is 0 Å². The van der Waals surface area contributed by atoms with Gasteiger partial charge in [-0.05, 0) is 55.8 Å². The van der Waals surface area contributed by atoms with E-state index in [1.165, 1.54) is 24.3 Å². The fourth-order valence-electron chi connectivity index (χ4n) is 4.17. The van der Waals surface area contributed by atoms with Crippen LogP contribution in [-0.4, -0.2) is 21.6 Å². The van der Waals surface area contributed by atoms with Crippen molar-refractivity contribution in [3.05, 3.63) is 95.2 Å². The third-order valence-corrected chi connectivity index (χ3v) is 5.97. The first-order valence-electron chi connectivity index (χ1n) is 11.3. The molecule has 36 heavy (non-hydrogen) atoms. The van der Waals surface area contributed by atoms with Crippen molar-refractivity contribution < 1.29 is 27.9 Å². The quantitative estimate of drug-likeness (QED) is 0.269. The van der Waals surface area contributed by atoms with Crippen molar-refractivity contribution in [1.82, 2.24) is 9.88 Å². The van der Waals surface area contributed by atoms with E-state index in [2.05, 4.69) is 10.6 Å². The average Bonchev–Trinajstić information content (AvgIpc) is 3.17. The number of halogens is 3. The highest BCUT2D eigenvalue weighted by atomic mass is 19.4. The molecule has 4 aromatic rings. The molecule has 0 fully saturated rings. The largest absolute Gasteiger partial charge is 0.478 e. The van der Waals surface area contributed by atoms with E-state index >= 15 is 0 Å². The monoisotopic (exact) mass is 495 g/mol. The molecule has 3 aromatic carbocycles. The van der Waals surface area contributed by atoms with Crippen molar-refractivity contribution >= 4 is 34.2 Å². The van der Waals surface area contributed by atoms with E-state index in [1.807, 2.05) is 25.1 Å². The molecule has 1 atom stereocenters. The minimum absolute atomic E-state index is 0.135. The number of carbonyl (C=O) groups excluding carboxylic acids is 1. The van der Waals surface area contributed by atoms with E-state index in [1.54, 1.807) is 29.7 Å². The van der Waals surface area contributed by atoms with Crippen molar-refractivity contribution in [1.29, 1.82) is 0 Å². The van der Waals surface area contributed by atoms with Gasteiger partial charge in [-0.3, -0.25) is 4.79 Å². The molecule has 186 valence electrons. The Balaban J connectivity index is 1.73. The number of nitrogens with zero attached hydrogens (tertiary/aromatic N) is 1. The number of carboxylic acids is 1. The maximum absolute atomic E-state index is 13.5. The van der Waals surface area contributed by atoms with Gasteiger partial charge in [0, 0.05) is 17.6 Å². The maximum atomic E-state index is 13.5. The number of aromatic nitrogens is 1. The van der Waals surface area contributed by atoms with Gasteiger partial charge in [-0.25, -0.2) is 4.79 Å². The number of hydrogen-bond acceptors (Lipinski definition) is 3. The first-order chi connectivity index (χ1) is 17.1. The molecule has 1 aromatic heterocycles. The molecule has 0 aliphatic rings. The van der Waals surface area contributed by atoms with Crippen molar-refractivity contribution in [2.45, 2.75) is 32.6 Å². The molecule has 6 nitrogen and oxygen atoms in total. The molecule has 1 unspecified atom stereocenters. The minimum Gasteiger partial charge on any atom is -0.478 e. The van der Waals surface area contributed by atoms with E-state index in [0.29, 0.717) is 23.2 Å². The second kappa shape index (κ2) is 9.77. The third-order valence-electron chi connectivity index (χ3n) is 5.97. The first kappa shape index (κ1) is 24.8. The van der Waals surface area contributed by atoms with Crippen LogP contribution in [0.3, 0.4) is 0 Å². The lowest BCUT2D eigenvalue weighted by Crippen LogP contribution is -2.29. The lowest BCUT2D eigenvalue weighted by Gasteiger charge is -2.17. The zero-order valence-corrected chi connectivity index (χ0v) is 19.6. The molecule has 1 heterocycles. The normalized spacial score (nSPS) is 12.4. The van der Waals surface area contributed by atoms with Crippen LogP contribution in [0.25, 0.3) is 10.9 Å². The molecule has 0 radical (unpaired) electrons. The Morgan fingerprint density at radius 1 is 1.00 bits per heavy atom. The van der Waals surface area contributed by atoms with E-state index in [4.69, 9.17) is 5.11 Å². The highest BCUT2D eigenvalue weighted by molar-refractivity contribution is 6.10. The van der Waals surface area contributed by atoms with Crippen molar-refractivity contribution in [2.24, 2.45) is 0 Å². The van der Waals surface area contributed by atoms with Gasteiger partial charge in [0.25, 0.3) is 5.91 Å². The molecule has 0 saturated heterocycles. The minimum atomic E-state index is -4.50. The molecule has 3 N–H and O–H groups in total. The predicted molar refractivity (Wildman–Crippen MR) is 132 cm³/mol. The standard InChI is InChI=1S/C27H24F3N3O3/c1-3-33-22-10-5-4-9-21(22)23(32-20-8-6-7-19(15-20)27(28,29)30)24(33)25(34)31-16(2)17-11-13-18(14-12-17)26(35)36/h4-16,32H,3H2,1-2H3,(H,31,34)(H,35,36). The summed E-state index contributed by atoms with van der Waals surface area (Å²) in [7, 11) is 0. The summed E-state index contributed by atoms with van der Waals surface area (Å²) in [5, 5.41) is 15.8. The van der Waals surface area contributed by atoms with Crippen LogP contribution in [0.15, 0.2) is 72.8 Å². The Hall–Kier alpha value is -4.27. The zero-order valence-electron chi connectivity index (χ0n) is 19.6. The highest BCUT2D eigenvalue weighted by Crippen LogP contribution is 2.36. The van der Waals surface area contributed by atoms with Crippen LogP contribution in [-0.2, 0) is 12.7 Å². The first-order valence-corrected chi connectivity index (χ1v) is 11.3. The summed E-state index contributed by atoms with van der Waals surface area (Å²) < 4.78 is 41.6. The van der Waals surface area contributed by atoms with Gasteiger partial charge in [0.2, 0.25) is 0 Å². The van der Waals surface area contributed by atoms with Gasteiger partial charge in [-0.15, -0.1) is 0 Å². The van der Waals surface area contributed by atoms with Crippen molar-refractivity contribution in [3.8, 4) is 0 Å². The fraction of sp³-hybridized carbons (Fsp3) is 0.185. The van der Waals surface area contributed by atoms with Gasteiger partial charge in [-0.2, -0.15) is 13.2 Å². The number of aromatic carboxylic acids is 1. The second-order valence-corrected chi connectivity index (χ2v) is 8.31. The number of anilines is 2. The number of amides is 1. The Labute approximate surface area is 205 Å². The third kappa shape index (κ3) is 4.91. The van der Waals surface area contributed by atoms with Crippen LogP contribution < -0.4 is 10.6 Å². The van der Waals surface area contributed by atoms with E-state index in [9.17, 15) is 22.8 Å². The summed E-state index contributed by atoms with van der Waals surface area (Å²) in [4.78, 5) is 24.7. The maximum Gasteiger partial charge on any atom is 0.416 e. The van der Waals surface area contributed by atoms with Gasteiger partial charge in [0.1, 0.15) is 5.69 Å². The number of hydrogen-bond donors (Lipinski definition) is 3. The van der Waals surface area contributed by atoms with Crippen LogP contribution in [0.1, 0.15) is 51.9 Å². The van der Waals surface area contributed by atoms with Gasteiger partial charge < -0.3 is 20.3 Å². The molecule has 0 aliphatic heterocycles. The van der Waals surface area contributed by atoms with Crippen molar-refractivity contribution in [2.75, 3.05) is 5.32 Å². The lowest BCUT2D eigenvalue weighted by atomic mass is 10.1. The summed E-state index contributed by atoms with van der Waals surface area (Å²) in [5.41, 5.74) is 1.70. The number of nitrogens with one attached hydrogen (secondary N) is 2. The van der Waals surface area contributed by atoms with Gasteiger partial charge in [0.15, 0.2) is 0 Å². The van der Waals surface area contributed by atoms with Crippen LogP contribution >= 0.6 is 0 Å². The fourth-order valence-corrected chi connectivity index (χ4v) is 4.17. The van der Waals surface area contributed by atoms with Gasteiger partial charge in [-0.1, -0.05) is 36.4 Å². The molecule has 4 rings (SSSR count). The SMILES string of the molecule is CCn1c(C(=O)NC(C)c2ccc(C(=O)O)cc2)c(Nc2cccc(C(F)(F)F)c2)c2ccccc21. The molecule has 0 spiro atoms. The summed E-state index contributed by atoms with van der Waals surface area (Å²) in [6.07, 6.45) is -4.50. The number of rotatable bonds is 7. The number of carbonyl (C=O) groups is 2. The van der Waals surface area contributed by atoms with E-state index < -0.39 is 29.7 Å². The summed E-state index contributed by atoms with van der Waals surface area (Å²) in [6, 6.07) is 17.8. The Morgan fingerprint density at radius 3 is 2.33 bits per heavy atom. The summed E-state index contributed by atoms with van der Waals surface area (Å²) in [6.45, 7) is 4.10. The summed E-state index contributed by atoms with van der Waals surface area (Å²) >= 11 is 0. The van der Waals surface area contributed by atoms with E-state index in [0.717, 1.165) is 17.6 Å². The number of alkyl halides is 3. The number of carboxylic acid groups (broad SMARTS) is 1. The Kier molecular flexibility index (Phi) is 6.74. The molecule has 9 heteroatoms. The topological polar surface area (TPSA) is 83.4 Å². The number of para-hydroxylation sites is 1. The van der Waals surface area contributed by atoms with Crippen LogP contribution in [0, 0.1) is 0 Å². The lowest BCUT2D eigenvalue weighted by molar-refractivity contribution is -0.137. The number of fused-ring (bicyclic) bond motifs is 1. The van der Waals surface area contributed by atoms with Crippen LogP contribution in [0.4, 0.5) is 24.5 Å². The van der Waals surface area contributed by atoms with Gasteiger partial charge >= 0.3 is 12.1 Å². The smallest absolute Gasteiger partial charge is 0.416 e. The molecule has 1 amide bonds. The number of benzene rings is 3. The molecule has 0 bridgehead atoms. The van der Waals surface area contributed by atoms with Crippen LogP contribution in [0.5, 0.6) is 0 Å². The zero-order chi connectivity index (χ0) is 26.0. The van der Waals surface area contributed by atoms with Gasteiger partial charge in [0.05, 0.1) is 28.4 Å². The highest BCUT2D eigenvalue weighted by Gasteiger charge is 2.31. The molecule has 0 saturated carbocycles.